The molecular weight excluding hydrogens is 244 g/mol. The van der Waals surface area contributed by atoms with Crippen LogP contribution in [0.5, 0.6) is 0 Å². The third-order valence-corrected chi connectivity index (χ3v) is 3.16. The van der Waals surface area contributed by atoms with E-state index in [9.17, 15) is 10.1 Å². The van der Waals surface area contributed by atoms with E-state index in [0.717, 1.165) is 38.2 Å². The monoisotopic (exact) mass is 262 g/mol. The van der Waals surface area contributed by atoms with Crippen molar-refractivity contribution < 1.29 is 4.92 Å². The van der Waals surface area contributed by atoms with Gasteiger partial charge in [0.25, 0.3) is 5.69 Å². The second-order valence-electron chi connectivity index (χ2n) is 4.60. The van der Waals surface area contributed by atoms with Crippen molar-refractivity contribution in [2.45, 2.75) is 32.6 Å². The van der Waals surface area contributed by atoms with Crippen molar-refractivity contribution in [2.75, 3.05) is 13.1 Å². The Bertz CT molecular complexity index is 470. The maximum Gasteiger partial charge on any atom is 0.287 e. The average molecular weight is 262 g/mol. The Morgan fingerprint density at radius 2 is 2.37 bits per heavy atom. The van der Waals surface area contributed by atoms with Gasteiger partial charge in [0.1, 0.15) is 12.0 Å². The molecule has 102 valence electrons. The molecule has 1 fully saturated rings. The molecule has 0 saturated carbocycles. The van der Waals surface area contributed by atoms with Crippen molar-refractivity contribution in [2.24, 2.45) is 4.99 Å². The van der Waals surface area contributed by atoms with Crippen LogP contribution in [0.3, 0.4) is 0 Å². The minimum absolute atomic E-state index is 0.00166. The van der Waals surface area contributed by atoms with Crippen LogP contribution in [0.25, 0.3) is 0 Å². The van der Waals surface area contributed by atoms with Crippen molar-refractivity contribution in [3.63, 3.8) is 0 Å². The smallest absolute Gasteiger partial charge is 0.287 e. The number of unbranched alkanes of at least 4 members (excludes halogenated alkanes) is 1. The molecule has 0 spiro atoms. The number of aliphatic imine (C=N–C) groups is 1. The summed E-state index contributed by atoms with van der Waals surface area (Å²) in [6.45, 7) is 4.25. The molecule has 2 heterocycles. The summed E-state index contributed by atoms with van der Waals surface area (Å²) >= 11 is 0. The Labute approximate surface area is 112 Å². The second kappa shape index (κ2) is 6.26. The quantitative estimate of drug-likeness (QED) is 0.604. The summed E-state index contributed by atoms with van der Waals surface area (Å²) in [7, 11) is 0. The van der Waals surface area contributed by atoms with Gasteiger partial charge in [-0.1, -0.05) is 13.3 Å². The Kier molecular flexibility index (Phi) is 4.43. The van der Waals surface area contributed by atoms with Gasteiger partial charge >= 0.3 is 0 Å². The van der Waals surface area contributed by atoms with Crippen LogP contribution >= 0.6 is 0 Å². The van der Waals surface area contributed by atoms with Crippen LogP contribution in [-0.4, -0.2) is 33.7 Å². The molecule has 19 heavy (non-hydrogen) atoms. The zero-order chi connectivity index (χ0) is 13.7. The summed E-state index contributed by atoms with van der Waals surface area (Å²) in [6.07, 6.45) is 5.66. The fourth-order valence-electron chi connectivity index (χ4n) is 2.12. The topological polar surface area (TPSA) is 71.6 Å². The van der Waals surface area contributed by atoms with Gasteiger partial charge in [0.15, 0.2) is 5.82 Å². The van der Waals surface area contributed by atoms with Crippen LogP contribution in [0.1, 0.15) is 32.6 Å². The molecule has 6 nitrogen and oxygen atoms in total. The molecule has 1 saturated heterocycles. The molecule has 0 N–H and O–H groups in total. The highest BCUT2D eigenvalue weighted by Gasteiger charge is 2.18. The zero-order valence-electron chi connectivity index (χ0n) is 11.1. The molecule has 0 aliphatic carbocycles. The highest BCUT2D eigenvalue weighted by Crippen LogP contribution is 2.19. The molecule has 0 aromatic carbocycles. The number of aromatic nitrogens is 1. The summed E-state index contributed by atoms with van der Waals surface area (Å²) in [5.74, 6) is 1.60. The first-order valence-corrected chi connectivity index (χ1v) is 6.63. The lowest BCUT2D eigenvalue weighted by Gasteiger charge is -2.18. The summed E-state index contributed by atoms with van der Waals surface area (Å²) in [5.41, 5.74) is -0.00166. The molecule has 0 radical (unpaired) electrons. The molecule has 2 rings (SSSR count). The lowest BCUT2D eigenvalue weighted by atomic mass is 10.3. The SMILES string of the molecule is CCCCN1CCCC1=Nc1ccc([N+](=O)[O-])cn1. The molecule has 1 aliphatic heterocycles. The third kappa shape index (κ3) is 3.49. The molecule has 1 aliphatic rings. The first kappa shape index (κ1) is 13.5. The Balaban J connectivity index is 2.08. The van der Waals surface area contributed by atoms with Crippen LogP contribution in [0.4, 0.5) is 11.5 Å². The van der Waals surface area contributed by atoms with Crippen LogP contribution < -0.4 is 0 Å². The largest absolute Gasteiger partial charge is 0.360 e. The number of pyridine rings is 1. The number of hydrogen-bond acceptors (Lipinski definition) is 4. The van der Waals surface area contributed by atoms with Crippen LogP contribution in [0.15, 0.2) is 23.3 Å². The summed E-state index contributed by atoms with van der Waals surface area (Å²) in [4.78, 5) is 20.9. The van der Waals surface area contributed by atoms with E-state index in [0.29, 0.717) is 5.82 Å². The minimum atomic E-state index is -0.451. The zero-order valence-corrected chi connectivity index (χ0v) is 11.1. The average Bonchev–Trinajstić information content (AvgIpc) is 2.84. The van der Waals surface area contributed by atoms with Gasteiger partial charge in [-0.15, -0.1) is 0 Å². The number of nitrogens with zero attached hydrogens (tertiary/aromatic N) is 4. The van der Waals surface area contributed by atoms with Gasteiger partial charge in [0, 0.05) is 25.6 Å². The molecule has 0 amide bonds. The highest BCUT2D eigenvalue weighted by atomic mass is 16.6. The Morgan fingerprint density at radius 1 is 1.53 bits per heavy atom. The van der Waals surface area contributed by atoms with Crippen molar-refractivity contribution in [1.29, 1.82) is 0 Å². The van der Waals surface area contributed by atoms with Gasteiger partial charge in [-0.05, 0) is 18.9 Å². The van der Waals surface area contributed by atoms with Crippen molar-refractivity contribution in [3.05, 3.63) is 28.4 Å². The lowest BCUT2D eigenvalue weighted by molar-refractivity contribution is -0.385. The van der Waals surface area contributed by atoms with E-state index in [1.165, 1.54) is 18.7 Å². The summed E-state index contributed by atoms with van der Waals surface area (Å²) in [5, 5.41) is 10.5. The Hall–Kier alpha value is -1.98. The third-order valence-electron chi connectivity index (χ3n) is 3.16. The maximum atomic E-state index is 10.5. The van der Waals surface area contributed by atoms with E-state index < -0.39 is 4.92 Å². The van der Waals surface area contributed by atoms with Crippen molar-refractivity contribution in [3.8, 4) is 0 Å². The first-order valence-electron chi connectivity index (χ1n) is 6.63. The number of likely N-dealkylation sites (tertiary alicyclic amines) is 1. The maximum absolute atomic E-state index is 10.5. The van der Waals surface area contributed by atoms with E-state index >= 15 is 0 Å². The molecule has 0 bridgehead atoms. The molecule has 6 heteroatoms. The van der Waals surface area contributed by atoms with Gasteiger partial charge in [-0.25, -0.2) is 9.98 Å². The van der Waals surface area contributed by atoms with Gasteiger partial charge in [0.2, 0.25) is 0 Å². The summed E-state index contributed by atoms with van der Waals surface area (Å²) in [6, 6.07) is 3.04. The minimum Gasteiger partial charge on any atom is -0.360 e. The number of nitro groups is 1. The molecule has 1 aromatic heterocycles. The van der Waals surface area contributed by atoms with Crippen LogP contribution in [0.2, 0.25) is 0 Å². The van der Waals surface area contributed by atoms with Crippen molar-refractivity contribution >= 4 is 17.3 Å². The van der Waals surface area contributed by atoms with Crippen LogP contribution in [0, 0.1) is 10.1 Å². The second-order valence-corrected chi connectivity index (χ2v) is 4.60. The van der Waals surface area contributed by atoms with Gasteiger partial charge in [-0.2, -0.15) is 0 Å². The standard InChI is InChI=1S/C13H18N4O2/c1-2-3-8-16-9-4-5-13(16)15-12-7-6-11(10-14-12)17(18)19/h6-7,10H,2-5,8-9H2,1H3. The summed E-state index contributed by atoms with van der Waals surface area (Å²) < 4.78 is 0. The van der Waals surface area contributed by atoms with E-state index in [-0.39, 0.29) is 5.69 Å². The normalized spacial score (nSPS) is 17.1. The van der Waals surface area contributed by atoms with E-state index in [1.54, 1.807) is 6.07 Å². The molecular formula is C13H18N4O2. The predicted octanol–water partition coefficient (Wildman–Crippen LogP) is 2.92. The van der Waals surface area contributed by atoms with Crippen LogP contribution in [-0.2, 0) is 0 Å². The van der Waals surface area contributed by atoms with Gasteiger partial charge < -0.3 is 4.90 Å². The van der Waals surface area contributed by atoms with Crippen molar-refractivity contribution in [1.82, 2.24) is 9.88 Å². The van der Waals surface area contributed by atoms with Gasteiger partial charge in [0.05, 0.1) is 4.92 Å². The van der Waals surface area contributed by atoms with E-state index in [2.05, 4.69) is 21.8 Å². The van der Waals surface area contributed by atoms with E-state index in [1.807, 2.05) is 0 Å². The first-order chi connectivity index (χ1) is 9.20. The fourth-order valence-corrected chi connectivity index (χ4v) is 2.12. The molecule has 0 unspecified atom stereocenters. The molecule has 1 aromatic rings. The molecule has 0 atom stereocenters. The predicted molar refractivity (Wildman–Crippen MR) is 73.7 cm³/mol. The number of rotatable bonds is 5. The lowest BCUT2D eigenvalue weighted by Crippen LogP contribution is -2.25. The van der Waals surface area contributed by atoms with Gasteiger partial charge in [-0.3, -0.25) is 10.1 Å². The highest BCUT2D eigenvalue weighted by molar-refractivity contribution is 5.86. The Morgan fingerprint density at radius 3 is 3.00 bits per heavy atom. The fraction of sp³-hybridized carbons (Fsp3) is 0.538. The number of hydrogen-bond donors (Lipinski definition) is 0. The van der Waals surface area contributed by atoms with E-state index in [4.69, 9.17) is 0 Å². The number of amidine groups is 1.